The lowest BCUT2D eigenvalue weighted by atomic mass is 10.2. The highest BCUT2D eigenvalue weighted by Crippen LogP contribution is 2.27. The predicted molar refractivity (Wildman–Crippen MR) is 110 cm³/mol. The maximum absolute atomic E-state index is 12.8. The fourth-order valence-corrected chi connectivity index (χ4v) is 3.34. The van der Waals surface area contributed by atoms with Gasteiger partial charge in [-0.25, -0.2) is 4.98 Å². The molecule has 0 saturated carbocycles. The molecule has 2 aliphatic rings. The van der Waals surface area contributed by atoms with Crippen molar-refractivity contribution in [2.24, 2.45) is 0 Å². The molecule has 0 aliphatic carbocycles. The Bertz CT molecular complexity index is 809. The Balaban J connectivity index is 1.50. The van der Waals surface area contributed by atoms with Gasteiger partial charge in [0.25, 0.3) is 5.91 Å². The van der Waals surface area contributed by atoms with Crippen molar-refractivity contribution >= 4 is 11.8 Å². The van der Waals surface area contributed by atoms with Gasteiger partial charge in [-0.2, -0.15) is 0 Å². The van der Waals surface area contributed by atoms with Gasteiger partial charge in [-0.05, 0) is 23.6 Å². The first-order chi connectivity index (χ1) is 14.1. The Morgan fingerprint density at radius 3 is 2.41 bits per heavy atom. The summed E-state index contributed by atoms with van der Waals surface area (Å²) in [6, 6.07) is 3.42. The molecule has 2 aliphatic heterocycles. The van der Waals surface area contributed by atoms with Gasteiger partial charge in [0.1, 0.15) is 6.61 Å². The van der Waals surface area contributed by atoms with E-state index in [2.05, 4.69) is 11.9 Å². The van der Waals surface area contributed by atoms with Gasteiger partial charge in [0.2, 0.25) is 11.8 Å². The van der Waals surface area contributed by atoms with Crippen LogP contribution >= 0.6 is 0 Å². The molecule has 0 fully saturated rings. The fraction of sp³-hybridized carbons (Fsp3) is 0.409. The smallest absolute Gasteiger partial charge is 0.256 e. The lowest BCUT2D eigenvalue weighted by molar-refractivity contribution is -0.124. The molecular weight excluding hydrogens is 370 g/mol. The normalized spacial score (nSPS) is 16.3. The Labute approximate surface area is 171 Å². The number of hydrogen-bond donors (Lipinski definition) is 0. The van der Waals surface area contributed by atoms with Crippen molar-refractivity contribution in [3.8, 4) is 5.88 Å². The first-order valence-electron chi connectivity index (χ1n) is 9.81. The van der Waals surface area contributed by atoms with Crippen molar-refractivity contribution in [1.82, 2.24) is 14.8 Å². The Morgan fingerprint density at radius 1 is 1.07 bits per heavy atom. The number of allylic oxidation sites excluding steroid dienone is 3. The van der Waals surface area contributed by atoms with Gasteiger partial charge < -0.3 is 19.3 Å². The molecule has 1 aromatic heterocycles. The second-order valence-electron chi connectivity index (χ2n) is 6.98. The van der Waals surface area contributed by atoms with Gasteiger partial charge in [0, 0.05) is 51.6 Å². The summed E-state index contributed by atoms with van der Waals surface area (Å²) in [6.45, 7) is 5.24. The van der Waals surface area contributed by atoms with Crippen molar-refractivity contribution in [3.05, 3.63) is 59.3 Å². The van der Waals surface area contributed by atoms with Crippen LogP contribution in [-0.4, -0.2) is 73.1 Å². The average Bonchev–Trinajstić information content (AvgIpc) is 3.31. The quantitative estimate of drug-likeness (QED) is 0.291. The predicted octanol–water partition coefficient (Wildman–Crippen LogP) is 2.22. The van der Waals surface area contributed by atoms with Crippen molar-refractivity contribution in [2.45, 2.75) is 13.3 Å². The van der Waals surface area contributed by atoms with E-state index >= 15 is 0 Å². The van der Waals surface area contributed by atoms with Gasteiger partial charge in [-0.15, -0.1) is 0 Å². The van der Waals surface area contributed by atoms with Crippen molar-refractivity contribution in [3.63, 3.8) is 0 Å². The SMILES string of the molecule is CC/C=C/C=C/C(=O)N1CC2=C(C1)CN(C(=O)c1ccc(OCCOC)nc1)C2. The molecule has 7 heteroatoms. The summed E-state index contributed by atoms with van der Waals surface area (Å²) in [7, 11) is 1.61. The standard InChI is InChI=1S/C22H27N3O4/c1-3-4-5-6-7-21(26)24-13-18-15-25(16-19(18)14-24)22(27)17-8-9-20(23-12-17)29-11-10-28-2/h4-9,12H,3,10-11,13-16H2,1-2H3/b5-4+,7-6+. The molecule has 3 heterocycles. The maximum atomic E-state index is 12.8. The summed E-state index contributed by atoms with van der Waals surface area (Å²) in [4.78, 5) is 32.8. The van der Waals surface area contributed by atoms with Crippen molar-refractivity contribution < 1.29 is 19.1 Å². The van der Waals surface area contributed by atoms with Gasteiger partial charge in [0.05, 0.1) is 12.2 Å². The molecule has 7 nitrogen and oxygen atoms in total. The van der Waals surface area contributed by atoms with E-state index in [0.29, 0.717) is 50.8 Å². The number of amides is 2. The largest absolute Gasteiger partial charge is 0.475 e. The lowest BCUT2D eigenvalue weighted by Gasteiger charge is -2.22. The Hall–Kier alpha value is -2.93. The summed E-state index contributed by atoms with van der Waals surface area (Å²) < 4.78 is 10.4. The minimum atomic E-state index is -0.0576. The third-order valence-electron chi connectivity index (χ3n) is 4.87. The van der Waals surface area contributed by atoms with E-state index in [-0.39, 0.29) is 11.8 Å². The van der Waals surface area contributed by atoms with Crippen LogP contribution in [0.3, 0.4) is 0 Å². The molecule has 1 aromatic rings. The van der Waals surface area contributed by atoms with Crippen molar-refractivity contribution in [1.29, 1.82) is 0 Å². The molecule has 0 saturated heterocycles. The first kappa shape index (κ1) is 20.8. The minimum absolute atomic E-state index is 0.00583. The number of carbonyl (C=O) groups excluding carboxylic acids is 2. The number of pyridine rings is 1. The average molecular weight is 397 g/mol. The third-order valence-corrected chi connectivity index (χ3v) is 4.87. The molecule has 0 N–H and O–H groups in total. The molecule has 0 atom stereocenters. The van der Waals surface area contributed by atoms with Crippen LogP contribution in [0, 0.1) is 0 Å². The van der Waals surface area contributed by atoms with E-state index in [1.165, 1.54) is 0 Å². The molecule has 2 amide bonds. The zero-order valence-corrected chi connectivity index (χ0v) is 17.0. The number of ether oxygens (including phenoxy) is 2. The first-order valence-corrected chi connectivity index (χ1v) is 9.81. The second-order valence-corrected chi connectivity index (χ2v) is 6.98. The highest BCUT2D eigenvalue weighted by atomic mass is 16.5. The van der Waals surface area contributed by atoms with E-state index in [0.717, 1.165) is 17.6 Å². The third kappa shape index (κ3) is 5.32. The molecule has 0 aromatic carbocycles. The summed E-state index contributed by atoms with van der Waals surface area (Å²) in [5.74, 6) is 0.417. The molecule has 0 radical (unpaired) electrons. The molecule has 0 bridgehead atoms. The minimum Gasteiger partial charge on any atom is -0.475 e. The van der Waals surface area contributed by atoms with Gasteiger partial charge in [-0.3, -0.25) is 9.59 Å². The zero-order valence-electron chi connectivity index (χ0n) is 17.0. The Kier molecular flexibility index (Phi) is 7.19. The number of methoxy groups -OCH3 is 1. The maximum Gasteiger partial charge on any atom is 0.256 e. The van der Waals surface area contributed by atoms with Crippen LogP contribution in [-0.2, 0) is 9.53 Å². The summed E-state index contributed by atoms with van der Waals surface area (Å²) in [6.07, 6.45) is 9.75. The van der Waals surface area contributed by atoms with Crippen LogP contribution in [0.4, 0.5) is 0 Å². The van der Waals surface area contributed by atoms with Crippen molar-refractivity contribution in [2.75, 3.05) is 46.5 Å². The summed E-state index contributed by atoms with van der Waals surface area (Å²) >= 11 is 0. The van der Waals surface area contributed by atoms with Crippen LogP contribution < -0.4 is 4.74 Å². The van der Waals surface area contributed by atoms with E-state index in [1.807, 2.05) is 17.1 Å². The number of nitrogens with zero attached hydrogens (tertiary/aromatic N) is 3. The van der Waals surface area contributed by atoms with Crippen LogP contribution in [0.5, 0.6) is 5.88 Å². The zero-order chi connectivity index (χ0) is 20.6. The summed E-state index contributed by atoms with van der Waals surface area (Å²) in [5.41, 5.74) is 2.86. The monoisotopic (exact) mass is 397 g/mol. The number of rotatable bonds is 8. The second kappa shape index (κ2) is 10.0. The van der Waals surface area contributed by atoms with Crippen LogP contribution in [0.15, 0.2) is 53.8 Å². The topological polar surface area (TPSA) is 72.0 Å². The van der Waals surface area contributed by atoms with E-state index in [9.17, 15) is 9.59 Å². The molecule has 0 spiro atoms. The van der Waals surface area contributed by atoms with Gasteiger partial charge >= 0.3 is 0 Å². The lowest BCUT2D eigenvalue weighted by Crippen LogP contribution is -2.35. The van der Waals surface area contributed by atoms with E-state index < -0.39 is 0 Å². The fourth-order valence-electron chi connectivity index (χ4n) is 3.34. The molecular formula is C22H27N3O4. The van der Waals surface area contributed by atoms with E-state index in [4.69, 9.17) is 9.47 Å². The number of carbonyl (C=O) groups is 2. The van der Waals surface area contributed by atoms with Gasteiger partial charge in [0.15, 0.2) is 0 Å². The van der Waals surface area contributed by atoms with Gasteiger partial charge in [-0.1, -0.05) is 25.2 Å². The number of hydrogen-bond acceptors (Lipinski definition) is 5. The summed E-state index contributed by atoms with van der Waals surface area (Å²) in [5, 5.41) is 0. The molecule has 154 valence electrons. The van der Waals surface area contributed by atoms with Crippen LogP contribution in [0.2, 0.25) is 0 Å². The van der Waals surface area contributed by atoms with Crippen LogP contribution in [0.1, 0.15) is 23.7 Å². The Morgan fingerprint density at radius 2 is 1.79 bits per heavy atom. The van der Waals surface area contributed by atoms with Crippen LogP contribution in [0.25, 0.3) is 0 Å². The molecule has 3 rings (SSSR count). The highest BCUT2D eigenvalue weighted by Gasteiger charge is 2.33. The molecule has 29 heavy (non-hydrogen) atoms. The molecule has 0 unspecified atom stereocenters. The number of aromatic nitrogens is 1. The van der Waals surface area contributed by atoms with E-state index in [1.54, 1.807) is 42.5 Å². The highest BCUT2D eigenvalue weighted by molar-refractivity contribution is 5.95.